The second kappa shape index (κ2) is 8.15. The summed E-state index contributed by atoms with van der Waals surface area (Å²) in [6.07, 6.45) is 1.04. The summed E-state index contributed by atoms with van der Waals surface area (Å²) in [4.78, 5) is 23.1. The van der Waals surface area contributed by atoms with Gasteiger partial charge in [-0.2, -0.15) is 4.68 Å². The minimum absolute atomic E-state index is 0.00424. The summed E-state index contributed by atoms with van der Waals surface area (Å²) < 4.78 is 1.46. The molecule has 0 saturated heterocycles. The van der Waals surface area contributed by atoms with Crippen LogP contribution in [0.25, 0.3) is 5.69 Å². The number of aromatic carboxylic acids is 1. The van der Waals surface area contributed by atoms with Gasteiger partial charge in [0.2, 0.25) is 5.16 Å². The minimum Gasteiger partial charge on any atom is -0.478 e. The minimum atomic E-state index is -1.00. The average Bonchev–Trinajstić information content (AvgIpc) is 3.29. The molecule has 134 valence electrons. The lowest BCUT2D eigenvalue weighted by atomic mass is 10.2. The lowest BCUT2D eigenvalue weighted by Crippen LogP contribution is -2.07. The lowest BCUT2D eigenvalue weighted by Gasteiger charge is -2.04. The smallest absolute Gasteiger partial charge is 0.335 e. The Morgan fingerprint density at radius 2 is 1.88 bits per heavy atom. The van der Waals surface area contributed by atoms with Crippen molar-refractivity contribution in [2.24, 2.45) is 0 Å². The van der Waals surface area contributed by atoms with Crippen molar-refractivity contribution in [2.45, 2.75) is 24.9 Å². The second-order valence-corrected chi connectivity index (χ2v) is 7.26. The summed E-state index contributed by atoms with van der Waals surface area (Å²) in [5, 5.41) is 30.5. The van der Waals surface area contributed by atoms with E-state index in [-0.39, 0.29) is 23.5 Å². The molecule has 0 saturated carbocycles. The van der Waals surface area contributed by atoms with Gasteiger partial charge in [0.15, 0.2) is 0 Å². The van der Waals surface area contributed by atoms with Gasteiger partial charge in [-0.3, -0.25) is 4.79 Å². The number of hydrogen-bond donors (Lipinski definition) is 1. The molecule has 11 heteroatoms. The summed E-state index contributed by atoms with van der Waals surface area (Å²) in [6, 6.07) is 6.16. The van der Waals surface area contributed by atoms with Crippen molar-refractivity contribution in [3.05, 3.63) is 39.8 Å². The van der Waals surface area contributed by atoms with E-state index >= 15 is 0 Å². The molecule has 1 aromatic carbocycles. The van der Waals surface area contributed by atoms with Crippen LogP contribution in [0.5, 0.6) is 0 Å². The molecule has 26 heavy (non-hydrogen) atoms. The normalized spacial score (nSPS) is 10.8. The van der Waals surface area contributed by atoms with Gasteiger partial charge in [-0.05, 0) is 41.1 Å². The van der Waals surface area contributed by atoms with E-state index < -0.39 is 5.97 Å². The number of carbonyl (C=O) groups is 2. The van der Waals surface area contributed by atoms with Gasteiger partial charge in [0.05, 0.1) is 23.4 Å². The molecule has 2 aromatic heterocycles. The SMILES string of the molecule is CCc1nnc(CC(=O)CSc2nnnn2-c2ccc(C(=O)O)cc2)s1. The third kappa shape index (κ3) is 4.29. The summed E-state index contributed by atoms with van der Waals surface area (Å²) in [5.74, 6) is -0.796. The number of nitrogens with zero attached hydrogens (tertiary/aromatic N) is 6. The van der Waals surface area contributed by atoms with Crippen LogP contribution < -0.4 is 0 Å². The van der Waals surface area contributed by atoms with Gasteiger partial charge in [0, 0.05) is 0 Å². The largest absolute Gasteiger partial charge is 0.478 e. The molecular weight excluding hydrogens is 376 g/mol. The standard InChI is InChI=1S/C15H14N6O3S2/c1-2-12-16-17-13(26-12)7-11(22)8-25-15-18-19-20-21(15)10-5-3-9(4-6-10)14(23)24/h3-6H,2,7-8H2,1H3,(H,23,24). The van der Waals surface area contributed by atoms with Crippen LogP contribution in [0.15, 0.2) is 29.4 Å². The Hall–Kier alpha value is -2.66. The van der Waals surface area contributed by atoms with Crippen molar-refractivity contribution < 1.29 is 14.7 Å². The number of benzene rings is 1. The number of rotatable bonds is 8. The Morgan fingerprint density at radius 3 is 2.54 bits per heavy atom. The molecular formula is C15H14N6O3S2. The van der Waals surface area contributed by atoms with Crippen molar-refractivity contribution in [3.63, 3.8) is 0 Å². The van der Waals surface area contributed by atoms with Gasteiger partial charge in [0.25, 0.3) is 0 Å². The summed E-state index contributed by atoms with van der Waals surface area (Å²) in [6.45, 7) is 1.99. The molecule has 1 N–H and O–H groups in total. The van der Waals surface area contributed by atoms with E-state index in [2.05, 4.69) is 25.7 Å². The molecule has 0 radical (unpaired) electrons. The van der Waals surface area contributed by atoms with Gasteiger partial charge in [-0.1, -0.05) is 18.7 Å². The first kappa shape index (κ1) is 18.1. The van der Waals surface area contributed by atoms with Crippen molar-refractivity contribution in [3.8, 4) is 5.69 Å². The number of carboxylic acids is 1. The highest BCUT2D eigenvalue weighted by atomic mass is 32.2. The van der Waals surface area contributed by atoms with Gasteiger partial charge in [0.1, 0.15) is 15.8 Å². The fraction of sp³-hybridized carbons (Fsp3) is 0.267. The third-order valence-electron chi connectivity index (χ3n) is 3.32. The Labute approximate surface area is 156 Å². The predicted molar refractivity (Wildman–Crippen MR) is 94.8 cm³/mol. The molecule has 0 amide bonds. The highest BCUT2D eigenvalue weighted by Gasteiger charge is 2.14. The van der Waals surface area contributed by atoms with Gasteiger partial charge >= 0.3 is 5.97 Å². The number of aromatic nitrogens is 6. The number of aryl methyl sites for hydroxylation is 1. The van der Waals surface area contributed by atoms with E-state index in [9.17, 15) is 9.59 Å². The maximum Gasteiger partial charge on any atom is 0.335 e. The highest BCUT2D eigenvalue weighted by Crippen LogP contribution is 2.20. The molecule has 2 heterocycles. The zero-order valence-corrected chi connectivity index (χ0v) is 15.3. The van der Waals surface area contributed by atoms with Crippen molar-refractivity contribution in [1.82, 2.24) is 30.4 Å². The molecule has 0 spiro atoms. The van der Waals surface area contributed by atoms with Crippen LogP contribution in [0.2, 0.25) is 0 Å². The van der Waals surface area contributed by atoms with E-state index in [1.807, 2.05) is 6.92 Å². The van der Waals surface area contributed by atoms with Crippen molar-refractivity contribution in [2.75, 3.05) is 5.75 Å². The Morgan fingerprint density at radius 1 is 1.15 bits per heavy atom. The van der Waals surface area contributed by atoms with Crippen LogP contribution in [0.3, 0.4) is 0 Å². The number of carboxylic acid groups (broad SMARTS) is 1. The third-order valence-corrected chi connectivity index (χ3v) is 5.37. The summed E-state index contributed by atoms with van der Waals surface area (Å²) in [5.41, 5.74) is 0.793. The Balaban J connectivity index is 1.63. The molecule has 0 aliphatic rings. The van der Waals surface area contributed by atoms with Crippen LogP contribution >= 0.6 is 23.1 Å². The van der Waals surface area contributed by atoms with Gasteiger partial charge < -0.3 is 5.11 Å². The van der Waals surface area contributed by atoms with Gasteiger partial charge in [-0.15, -0.1) is 26.6 Å². The summed E-state index contributed by atoms with van der Waals surface area (Å²) >= 11 is 2.66. The zero-order chi connectivity index (χ0) is 18.5. The molecule has 0 atom stereocenters. The fourth-order valence-electron chi connectivity index (χ4n) is 2.04. The zero-order valence-electron chi connectivity index (χ0n) is 13.7. The maximum absolute atomic E-state index is 12.1. The van der Waals surface area contributed by atoms with E-state index in [4.69, 9.17) is 5.11 Å². The number of carbonyl (C=O) groups excluding carboxylic acids is 1. The summed E-state index contributed by atoms with van der Waals surface area (Å²) in [7, 11) is 0. The quantitative estimate of drug-likeness (QED) is 0.572. The first-order valence-corrected chi connectivity index (χ1v) is 9.45. The number of tetrazole rings is 1. The van der Waals surface area contributed by atoms with Crippen LogP contribution in [-0.2, 0) is 17.6 Å². The van der Waals surface area contributed by atoms with Crippen molar-refractivity contribution >= 4 is 34.9 Å². The molecule has 9 nitrogen and oxygen atoms in total. The number of thioether (sulfide) groups is 1. The number of ketones is 1. The van der Waals surface area contributed by atoms with Crippen LogP contribution in [0.1, 0.15) is 27.3 Å². The topological polar surface area (TPSA) is 124 Å². The van der Waals surface area contributed by atoms with Crippen LogP contribution in [0.4, 0.5) is 0 Å². The van der Waals surface area contributed by atoms with E-state index in [0.29, 0.717) is 15.9 Å². The van der Waals surface area contributed by atoms with E-state index in [1.165, 1.54) is 39.9 Å². The van der Waals surface area contributed by atoms with Crippen LogP contribution in [-0.4, -0.2) is 53.0 Å². The molecule has 0 fully saturated rings. The van der Waals surface area contributed by atoms with Crippen LogP contribution in [0, 0.1) is 0 Å². The molecule has 0 unspecified atom stereocenters. The number of hydrogen-bond acceptors (Lipinski definition) is 9. The molecule has 0 aliphatic carbocycles. The lowest BCUT2D eigenvalue weighted by molar-refractivity contribution is -0.116. The molecule has 3 rings (SSSR count). The van der Waals surface area contributed by atoms with E-state index in [1.54, 1.807) is 12.1 Å². The average molecular weight is 390 g/mol. The van der Waals surface area contributed by atoms with Gasteiger partial charge in [-0.25, -0.2) is 4.79 Å². The molecule has 3 aromatic rings. The van der Waals surface area contributed by atoms with E-state index in [0.717, 1.165) is 11.4 Å². The Bertz CT molecular complexity index is 922. The first-order valence-electron chi connectivity index (χ1n) is 7.64. The molecule has 0 bridgehead atoms. The Kier molecular flexibility index (Phi) is 5.68. The van der Waals surface area contributed by atoms with Crippen molar-refractivity contribution in [1.29, 1.82) is 0 Å². The second-order valence-electron chi connectivity index (χ2n) is 5.17. The maximum atomic E-state index is 12.1. The number of Topliss-reactive ketones (excluding diaryl/α,β-unsaturated/α-hetero) is 1. The monoisotopic (exact) mass is 390 g/mol. The molecule has 0 aliphatic heterocycles. The predicted octanol–water partition coefficient (Wildman–Crippen LogP) is 1.68. The highest BCUT2D eigenvalue weighted by molar-refractivity contribution is 7.99. The first-order chi connectivity index (χ1) is 12.6. The fourth-order valence-corrected chi connectivity index (χ4v) is 3.61.